The smallest absolute Gasteiger partial charge is 0.248 e. The number of hydrogen-bond acceptors (Lipinski definition) is 5. The van der Waals surface area contributed by atoms with Crippen LogP contribution < -0.4 is 0 Å². The van der Waals surface area contributed by atoms with Gasteiger partial charge in [-0.2, -0.15) is 0 Å². The first-order valence-corrected chi connectivity index (χ1v) is 7.96. The Morgan fingerprint density at radius 2 is 2.13 bits per heavy atom. The van der Waals surface area contributed by atoms with Crippen LogP contribution in [0.4, 0.5) is 0 Å². The van der Waals surface area contributed by atoms with E-state index in [1.807, 2.05) is 11.9 Å². The van der Waals surface area contributed by atoms with Crippen LogP contribution in [0, 0.1) is 5.41 Å². The van der Waals surface area contributed by atoms with Crippen molar-refractivity contribution >= 4 is 11.8 Å². The van der Waals surface area contributed by atoms with Crippen molar-refractivity contribution in [1.29, 1.82) is 0 Å². The second-order valence-electron chi connectivity index (χ2n) is 6.49. The van der Waals surface area contributed by atoms with Gasteiger partial charge in [0.25, 0.3) is 0 Å². The van der Waals surface area contributed by atoms with Gasteiger partial charge in [-0.3, -0.25) is 19.6 Å². The van der Waals surface area contributed by atoms with Crippen molar-refractivity contribution in [2.75, 3.05) is 26.7 Å². The fourth-order valence-electron chi connectivity index (χ4n) is 3.80. The highest BCUT2D eigenvalue weighted by Crippen LogP contribution is 2.44. The van der Waals surface area contributed by atoms with Gasteiger partial charge in [0.1, 0.15) is 6.61 Å². The molecule has 3 heterocycles. The lowest BCUT2D eigenvalue weighted by Crippen LogP contribution is -2.47. The van der Waals surface area contributed by atoms with Gasteiger partial charge in [-0.25, -0.2) is 0 Å². The topological polar surface area (TPSA) is 86.6 Å². The number of piperidine rings is 1. The molecule has 2 saturated heterocycles. The van der Waals surface area contributed by atoms with E-state index in [0.717, 1.165) is 12.1 Å². The third-order valence-corrected chi connectivity index (χ3v) is 5.22. The van der Waals surface area contributed by atoms with E-state index in [4.69, 9.17) is 5.11 Å². The van der Waals surface area contributed by atoms with Crippen LogP contribution in [0.15, 0.2) is 18.6 Å². The molecular formula is C16H22N4O3. The fraction of sp³-hybridized carbons (Fsp3) is 0.625. The maximum absolute atomic E-state index is 12.8. The molecular weight excluding hydrogens is 296 g/mol. The zero-order valence-electron chi connectivity index (χ0n) is 13.3. The maximum atomic E-state index is 12.8. The molecule has 2 fully saturated rings. The molecule has 0 bridgehead atoms. The molecule has 1 aromatic rings. The molecule has 7 nitrogen and oxygen atoms in total. The first-order valence-electron chi connectivity index (χ1n) is 7.96. The molecule has 2 aliphatic heterocycles. The van der Waals surface area contributed by atoms with E-state index in [-0.39, 0.29) is 23.3 Å². The van der Waals surface area contributed by atoms with Crippen LogP contribution in [0.3, 0.4) is 0 Å². The van der Waals surface area contributed by atoms with Crippen molar-refractivity contribution in [2.24, 2.45) is 5.41 Å². The number of amides is 2. The molecule has 0 aromatic carbocycles. The number of nitrogens with zero attached hydrogens (tertiary/aromatic N) is 4. The standard InChI is InChI=1S/C16H22N4O3/c1-19-13(8-12-10-17-4-5-18-12)9-16(15(19)23)2-6-20(7-3-16)14(22)11-21/h4-5,10,13,21H,2-3,6-9,11H2,1H3/t13-/m0/s1. The highest BCUT2D eigenvalue weighted by atomic mass is 16.3. The number of rotatable bonds is 3. The summed E-state index contributed by atoms with van der Waals surface area (Å²) < 4.78 is 0. The molecule has 0 unspecified atom stereocenters. The average molecular weight is 318 g/mol. The predicted molar refractivity (Wildman–Crippen MR) is 82.2 cm³/mol. The summed E-state index contributed by atoms with van der Waals surface area (Å²) in [6, 6.07) is 0.124. The number of aliphatic hydroxyl groups excluding tert-OH is 1. The lowest BCUT2D eigenvalue weighted by molar-refractivity contribution is -0.143. The molecule has 0 radical (unpaired) electrons. The predicted octanol–water partition coefficient (Wildman–Crippen LogP) is -0.149. The van der Waals surface area contributed by atoms with Gasteiger partial charge < -0.3 is 14.9 Å². The molecule has 0 aliphatic carbocycles. The third-order valence-electron chi connectivity index (χ3n) is 5.22. The van der Waals surface area contributed by atoms with Crippen LogP contribution in [0.25, 0.3) is 0 Å². The number of likely N-dealkylation sites (tertiary alicyclic amines) is 2. The number of hydrogen-bond donors (Lipinski definition) is 1. The van der Waals surface area contributed by atoms with Crippen molar-refractivity contribution in [3.8, 4) is 0 Å². The Balaban J connectivity index is 1.68. The van der Waals surface area contributed by atoms with Gasteiger partial charge in [0, 0.05) is 51.2 Å². The summed E-state index contributed by atoms with van der Waals surface area (Å²) >= 11 is 0. The Kier molecular flexibility index (Phi) is 4.30. The Hall–Kier alpha value is -2.02. The summed E-state index contributed by atoms with van der Waals surface area (Å²) in [5.41, 5.74) is 0.524. The quantitative estimate of drug-likeness (QED) is 0.837. The van der Waals surface area contributed by atoms with E-state index in [1.165, 1.54) is 0 Å². The minimum absolute atomic E-state index is 0.124. The van der Waals surface area contributed by atoms with Gasteiger partial charge in [-0.15, -0.1) is 0 Å². The SMILES string of the molecule is CN1C(=O)C2(CCN(C(=O)CO)CC2)C[C@@H]1Cc1cnccn1. The van der Waals surface area contributed by atoms with Crippen molar-refractivity contribution in [3.05, 3.63) is 24.3 Å². The Labute approximate surface area is 135 Å². The number of likely N-dealkylation sites (N-methyl/N-ethyl adjacent to an activating group) is 1. The van der Waals surface area contributed by atoms with Crippen LogP contribution in [-0.2, 0) is 16.0 Å². The lowest BCUT2D eigenvalue weighted by atomic mass is 9.75. The zero-order chi connectivity index (χ0) is 16.4. The van der Waals surface area contributed by atoms with Crippen molar-refractivity contribution in [2.45, 2.75) is 31.7 Å². The molecule has 1 N–H and O–H groups in total. The van der Waals surface area contributed by atoms with Crippen LogP contribution in [0.2, 0.25) is 0 Å². The van der Waals surface area contributed by atoms with E-state index in [2.05, 4.69) is 9.97 Å². The molecule has 3 rings (SSSR count). The molecule has 7 heteroatoms. The van der Waals surface area contributed by atoms with Crippen LogP contribution >= 0.6 is 0 Å². The van der Waals surface area contributed by atoms with Gasteiger partial charge >= 0.3 is 0 Å². The molecule has 1 atom stereocenters. The van der Waals surface area contributed by atoms with Crippen molar-refractivity contribution in [1.82, 2.24) is 19.8 Å². The normalized spacial score (nSPS) is 23.6. The van der Waals surface area contributed by atoms with Gasteiger partial charge in [0.15, 0.2) is 0 Å². The molecule has 23 heavy (non-hydrogen) atoms. The molecule has 0 saturated carbocycles. The van der Waals surface area contributed by atoms with E-state index >= 15 is 0 Å². The molecule has 124 valence electrons. The van der Waals surface area contributed by atoms with Crippen molar-refractivity contribution in [3.63, 3.8) is 0 Å². The average Bonchev–Trinajstić information content (AvgIpc) is 2.81. The summed E-state index contributed by atoms with van der Waals surface area (Å²) in [5, 5.41) is 8.96. The van der Waals surface area contributed by atoms with E-state index in [9.17, 15) is 9.59 Å². The summed E-state index contributed by atoms with van der Waals surface area (Å²) in [4.78, 5) is 36.2. The molecule has 1 aromatic heterocycles. The number of aliphatic hydroxyl groups is 1. The van der Waals surface area contributed by atoms with Gasteiger partial charge in [0.2, 0.25) is 11.8 Å². The van der Waals surface area contributed by atoms with Gasteiger partial charge in [-0.1, -0.05) is 0 Å². The monoisotopic (exact) mass is 318 g/mol. The zero-order valence-corrected chi connectivity index (χ0v) is 13.3. The highest BCUT2D eigenvalue weighted by Gasteiger charge is 2.51. The first-order chi connectivity index (χ1) is 11.1. The van der Waals surface area contributed by atoms with Gasteiger partial charge in [-0.05, 0) is 19.3 Å². The van der Waals surface area contributed by atoms with E-state index < -0.39 is 6.61 Å². The highest BCUT2D eigenvalue weighted by molar-refractivity contribution is 5.86. The maximum Gasteiger partial charge on any atom is 0.248 e. The van der Waals surface area contributed by atoms with E-state index in [1.54, 1.807) is 23.5 Å². The number of aromatic nitrogens is 2. The Bertz CT molecular complexity index is 584. The summed E-state index contributed by atoms with van der Waals surface area (Å²) in [7, 11) is 1.85. The van der Waals surface area contributed by atoms with Crippen molar-refractivity contribution < 1.29 is 14.7 Å². The summed E-state index contributed by atoms with van der Waals surface area (Å²) in [5.74, 6) is -0.0859. The van der Waals surface area contributed by atoms with Crippen LogP contribution in [0.5, 0.6) is 0 Å². The third kappa shape index (κ3) is 2.93. The summed E-state index contributed by atoms with van der Waals surface area (Å²) in [6.45, 7) is 0.615. The lowest BCUT2D eigenvalue weighted by Gasteiger charge is -2.37. The van der Waals surface area contributed by atoms with Crippen LogP contribution in [-0.4, -0.2) is 69.5 Å². The fourth-order valence-corrected chi connectivity index (χ4v) is 3.80. The molecule has 2 aliphatic rings. The Morgan fingerprint density at radius 3 is 2.74 bits per heavy atom. The second-order valence-corrected chi connectivity index (χ2v) is 6.49. The second kappa shape index (κ2) is 6.23. The minimum atomic E-state index is -0.462. The minimum Gasteiger partial charge on any atom is -0.387 e. The molecule has 2 amide bonds. The van der Waals surface area contributed by atoms with Gasteiger partial charge in [0.05, 0.1) is 11.1 Å². The summed E-state index contributed by atoms with van der Waals surface area (Å²) in [6.07, 6.45) is 7.88. The largest absolute Gasteiger partial charge is 0.387 e. The first kappa shape index (κ1) is 15.9. The Morgan fingerprint density at radius 1 is 1.39 bits per heavy atom. The van der Waals surface area contributed by atoms with E-state index in [0.29, 0.717) is 32.4 Å². The number of carbonyl (C=O) groups is 2. The number of carbonyl (C=O) groups excluding carboxylic acids is 2. The van der Waals surface area contributed by atoms with Crippen LogP contribution in [0.1, 0.15) is 25.0 Å². The molecule has 1 spiro atoms.